The van der Waals surface area contributed by atoms with Crippen LogP contribution in [-0.2, 0) is 24.5 Å². The first-order valence-corrected chi connectivity index (χ1v) is 7.10. The number of carbonyl (C=O) groups is 1. The molecular weight excluding hydrogens is 277 g/mol. The van der Waals surface area contributed by atoms with Gasteiger partial charge in [-0.1, -0.05) is 0 Å². The predicted molar refractivity (Wildman–Crippen MR) is 65.2 cm³/mol. The molecule has 0 spiro atoms. The molecule has 19 heavy (non-hydrogen) atoms. The molecule has 6 nitrogen and oxygen atoms in total. The van der Waals surface area contributed by atoms with Crippen molar-refractivity contribution >= 4 is 17.5 Å². The average molecular weight is 295 g/mol. The van der Waals surface area contributed by atoms with Crippen molar-refractivity contribution in [3.8, 4) is 0 Å². The number of rotatable bonds is 1. The van der Waals surface area contributed by atoms with E-state index in [-0.39, 0.29) is 13.1 Å². The zero-order chi connectivity index (χ0) is 14.2. The van der Waals surface area contributed by atoms with E-state index in [1.165, 1.54) is 4.90 Å². The first-order valence-electron chi connectivity index (χ1n) is 6.10. The molecule has 0 aromatic carbocycles. The van der Waals surface area contributed by atoms with Crippen LogP contribution >= 0.6 is 0 Å². The second-order valence-electron chi connectivity index (χ2n) is 5.70. The molecule has 1 amide bonds. The van der Waals surface area contributed by atoms with Crippen LogP contribution < -0.4 is 0 Å². The number of piperidine rings is 1. The smallest absolute Gasteiger partial charge is 0.410 e. The normalized spacial score (nSPS) is 35.1. The number of halogens is 1. The van der Waals surface area contributed by atoms with Gasteiger partial charge in [0.2, 0.25) is 0 Å². The fraction of sp³-hybridized carbons (Fsp3) is 0.909. The van der Waals surface area contributed by atoms with E-state index in [1.807, 2.05) is 0 Å². The summed E-state index contributed by atoms with van der Waals surface area (Å²) in [6, 6.07) is 0. The van der Waals surface area contributed by atoms with Crippen LogP contribution in [0.2, 0.25) is 0 Å². The van der Waals surface area contributed by atoms with Crippen molar-refractivity contribution in [3.63, 3.8) is 0 Å². The lowest BCUT2D eigenvalue weighted by Crippen LogP contribution is -2.54. The number of nitrogens with zero attached hydrogens (tertiary/aromatic N) is 1. The van der Waals surface area contributed by atoms with Crippen molar-refractivity contribution in [1.29, 1.82) is 0 Å². The van der Waals surface area contributed by atoms with E-state index in [4.69, 9.17) is 13.1 Å². The lowest BCUT2D eigenvalue weighted by atomic mass is 9.94. The largest absolute Gasteiger partial charge is 0.444 e. The van der Waals surface area contributed by atoms with E-state index in [0.717, 1.165) is 0 Å². The maximum atomic E-state index is 13.0. The molecule has 2 aliphatic heterocycles. The molecule has 0 aliphatic carbocycles. The summed E-state index contributed by atoms with van der Waals surface area (Å²) < 4.78 is 39.5. The molecular formula is C11H18FNO5S. The SMILES string of the molecule is CC(C)(C)OC(=O)N1C[C@H](CF)[C@@H]2OS(=O)O[C@@H]2C1. The van der Waals surface area contributed by atoms with Crippen molar-refractivity contribution in [3.05, 3.63) is 0 Å². The molecule has 8 heteroatoms. The van der Waals surface area contributed by atoms with E-state index in [0.29, 0.717) is 0 Å². The summed E-state index contributed by atoms with van der Waals surface area (Å²) in [6.45, 7) is 4.98. The molecule has 2 saturated heterocycles. The summed E-state index contributed by atoms with van der Waals surface area (Å²) >= 11 is -1.86. The topological polar surface area (TPSA) is 65.1 Å². The highest BCUT2D eigenvalue weighted by molar-refractivity contribution is 7.75. The van der Waals surface area contributed by atoms with E-state index < -0.39 is 47.9 Å². The van der Waals surface area contributed by atoms with Gasteiger partial charge in [0, 0.05) is 12.5 Å². The van der Waals surface area contributed by atoms with Crippen LogP contribution in [0.15, 0.2) is 0 Å². The van der Waals surface area contributed by atoms with E-state index in [2.05, 4.69) is 0 Å². The summed E-state index contributed by atoms with van der Waals surface area (Å²) in [5.74, 6) is -0.544. The van der Waals surface area contributed by atoms with Gasteiger partial charge in [-0.2, -0.15) is 4.21 Å². The lowest BCUT2D eigenvalue weighted by molar-refractivity contribution is -0.0249. The van der Waals surface area contributed by atoms with Crippen molar-refractivity contribution in [2.45, 2.75) is 38.6 Å². The first-order chi connectivity index (χ1) is 8.80. The molecule has 2 rings (SSSR count). The molecule has 110 valence electrons. The van der Waals surface area contributed by atoms with E-state index in [1.54, 1.807) is 20.8 Å². The minimum Gasteiger partial charge on any atom is -0.444 e. The van der Waals surface area contributed by atoms with Crippen molar-refractivity contribution < 1.29 is 26.5 Å². The van der Waals surface area contributed by atoms with Gasteiger partial charge in [-0.25, -0.2) is 4.79 Å². The van der Waals surface area contributed by atoms with Crippen LogP contribution in [0.3, 0.4) is 0 Å². The maximum Gasteiger partial charge on any atom is 0.410 e. The molecule has 4 atom stereocenters. The van der Waals surface area contributed by atoms with E-state index in [9.17, 15) is 13.4 Å². The van der Waals surface area contributed by atoms with Crippen LogP contribution in [-0.4, -0.2) is 52.8 Å². The van der Waals surface area contributed by atoms with Gasteiger partial charge in [-0.3, -0.25) is 12.8 Å². The fourth-order valence-electron chi connectivity index (χ4n) is 2.14. The van der Waals surface area contributed by atoms with Crippen LogP contribution in [0.5, 0.6) is 0 Å². The molecule has 0 radical (unpaired) electrons. The molecule has 2 fully saturated rings. The average Bonchev–Trinajstić information content (AvgIpc) is 2.65. The summed E-state index contributed by atoms with van der Waals surface area (Å²) in [5.41, 5.74) is -0.616. The molecule has 0 aromatic heterocycles. The second kappa shape index (κ2) is 5.34. The molecule has 0 saturated carbocycles. The number of hydrogen-bond donors (Lipinski definition) is 0. The van der Waals surface area contributed by atoms with Gasteiger partial charge < -0.3 is 9.64 Å². The van der Waals surface area contributed by atoms with Gasteiger partial charge in [-0.15, -0.1) is 0 Å². The number of hydrogen-bond acceptors (Lipinski definition) is 5. The summed E-state index contributed by atoms with van der Waals surface area (Å²) in [6.07, 6.45) is -1.65. The molecule has 0 bridgehead atoms. The Kier molecular flexibility index (Phi) is 4.12. The Bertz CT molecular complexity index is 386. The standard InChI is InChI=1S/C11H18FNO5S/c1-11(2,3)16-10(14)13-5-7(4-12)9-8(6-13)17-19(15)18-9/h7-9H,4-6H2,1-3H3/t7-,8+,9-,19?/m0/s1. The molecule has 0 aromatic rings. The van der Waals surface area contributed by atoms with Crippen molar-refractivity contribution in [2.24, 2.45) is 5.92 Å². The Morgan fingerprint density at radius 1 is 1.42 bits per heavy atom. The fourth-order valence-corrected chi connectivity index (χ4v) is 3.02. The monoisotopic (exact) mass is 295 g/mol. The van der Waals surface area contributed by atoms with Gasteiger partial charge in [-0.05, 0) is 20.8 Å². The Morgan fingerprint density at radius 3 is 2.68 bits per heavy atom. The van der Waals surface area contributed by atoms with Gasteiger partial charge in [0.25, 0.3) is 0 Å². The summed E-state index contributed by atoms with van der Waals surface area (Å²) in [7, 11) is 0. The Labute approximate surface area is 114 Å². The number of ether oxygens (including phenoxy) is 1. The van der Waals surface area contributed by atoms with Crippen LogP contribution in [0, 0.1) is 5.92 Å². The lowest BCUT2D eigenvalue weighted by Gasteiger charge is -2.37. The number of fused-ring (bicyclic) bond motifs is 1. The number of likely N-dealkylation sites (tertiary alicyclic amines) is 1. The zero-order valence-electron chi connectivity index (χ0n) is 11.1. The second-order valence-corrected chi connectivity index (χ2v) is 6.49. The third kappa shape index (κ3) is 3.43. The van der Waals surface area contributed by atoms with Crippen LogP contribution in [0.1, 0.15) is 20.8 Å². The van der Waals surface area contributed by atoms with Crippen molar-refractivity contribution in [1.82, 2.24) is 4.90 Å². The Morgan fingerprint density at radius 2 is 2.11 bits per heavy atom. The molecule has 2 aliphatic rings. The highest BCUT2D eigenvalue weighted by atomic mass is 32.2. The highest BCUT2D eigenvalue weighted by Gasteiger charge is 2.47. The van der Waals surface area contributed by atoms with Gasteiger partial charge >= 0.3 is 17.5 Å². The minimum absolute atomic E-state index is 0.174. The molecule has 1 unspecified atom stereocenters. The highest BCUT2D eigenvalue weighted by Crippen LogP contribution is 2.30. The third-order valence-electron chi connectivity index (χ3n) is 2.93. The Hall–Kier alpha value is -0.730. The zero-order valence-corrected chi connectivity index (χ0v) is 11.9. The van der Waals surface area contributed by atoms with Gasteiger partial charge in [0.05, 0.1) is 13.2 Å². The first kappa shape index (κ1) is 14.7. The van der Waals surface area contributed by atoms with Crippen LogP contribution in [0.4, 0.5) is 9.18 Å². The minimum atomic E-state index is -1.86. The maximum absolute atomic E-state index is 13.0. The predicted octanol–water partition coefficient (Wildman–Crippen LogP) is 1.19. The number of alkyl halides is 1. The van der Waals surface area contributed by atoms with Gasteiger partial charge in [0.15, 0.2) is 0 Å². The quantitative estimate of drug-likeness (QED) is 0.727. The molecule has 0 N–H and O–H groups in total. The summed E-state index contributed by atoms with van der Waals surface area (Å²) in [5, 5.41) is 0. The summed E-state index contributed by atoms with van der Waals surface area (Å²) in [4.78, 5) is 13.3. The number of amides is 1. The number of carbonyl (C=O) groups excluding carboxylic acids is 1. The Balaban J connectivity index is 2.04. The van der Waals surface area contributed by atoms with Gasteiger partial charge in [0.1, 0.15) is 17.8 Å². The van der Waals surface area contributed by atoms with Crippen LogP contribution in [0.25, 0.3) is 0 Å². The van der Waals surface area contributed by atoms with Crippen molar-refractivity contribution in [2.75, 3.05) is 19.8 Å². The van der Waals surface area contributed by atoms with E-state index >= 15 is 0 Å². The third-order valence-corrected chi connectivity index (χ3v) is 3.71. The molecule has 2 heterocycles.